The first-order valence-corrected chi connectivity index (χ1v) is 13.2. The summed E-state index contributed by atoms with van der Waals surface area (Å²) < 4.78 is 18.6. The van der Waals surface area contributed by atoms with Gasteiger partial charge in [0.05, 0.1) is 42.2 Å². The highest BCUT2D eigenvalue weighted by Crippen LogP contribution is 2.32. The lowest BCUT2D eigenvalue weighted by Gasteiger charge is -2.25. The van der Waals surface area contributed by atoms with Crippen molar-refractivity contribution in [3.8, 4) is 11.5 Å². The molecule has 0 aliphatic carbocycles. The number of aromatic nitrogens is 1. The average molecular weight is 521 g/mol. The van der Waals surface area contributed by atoms with Crippen molar-refractivity contribution in [2.75, 3.05) is 20.3 Å². The normalized spacial score (nSPS) is 15.4. The summed E-state index contributed by atoms with van der Waals surface area (Å²) in [5.74, 6) is 1.13. The zero-order valence-corrected chi connectivity index (χ0v) is 22.8. The van der Waals surface area contributed by atoms with Crippen molar-refractivity contribution < 1.29 is 19.0 Å². The van der Waals surface area contributed by atoms with E-state index in [1.165, 1.54) is 16.9 Å². The molecule has 0 saturated heterocycles. The molecule has 2 heterocycles. The van der Waals surface area contributed by atoms with E-state index in [1.807, 2.05) is 55.5 Å². The number of hydrogen-bond acceptors (Lipinski definition) is 7. The fraction of sp³-hybridized carbons (Fsp3) is 0.345. The predicted molar refractivity (Wildman–Crippen MR) is 145 cm³/mol. The van der Waals surface area contributed by atoms with Gasteiger partial charge in [0.2, 0.25) is 0 Å². The molecule has 0 radical (unpaired) electrons. The maximum absolute atomic E-state index is 13.8. The number of nitrogens with zero attached hydrogens (tertiary/aromatic N) is 2. The molecule has 37 heavy (non-hydrogen) atoms. The Kier molecular flexibility index (Phi) is 7.97. The van der Waals surface area contributed by atoms with E-state index in [0.29, 0.717) is 44.6 Å². The van der Waals surface area contributed by atoms with Crippen molar-refractivity contribution in [3.63, 3.8) is 0 Å². The van der Waals surface area contributed by atoms with Crippen molar-refractivity contribution in [3.05, 3.63) is 90.1 Å². The third-order valence-electron chi connectivity index (χ3n) is 6.22. The average Bonchev–Trinajstić information content (AvgIpc) is 3.18. The van der Waals surface area contributed by atoms with Crippen LogP contribution in [0.2, 0.25) is 0 Å². The molecule has 1 aromatic heterocycles. The summed E-state index contributed by atoms with van der Waals surface area (Å²) in [6.45, 7) is 10.4. The molecule has 0 amide bonds. The molecule has 8 heteroatoms. The maximum Gasteiger partial charge on any atom is 0.338 e. The molecule has 7 nitrogen and oxygen atoms in total. The number of rotatable bonds is 8. The van der Waals surface area contributed by atoms with Crippen LogP contribution < -0.4 is 24.4 Å². The summed E-state index contributed by atoms with van der Waals surface area (Å²) >= 11 is 1.29. The van der Waals surface area contributed by atoms with Gasteiger partial charge < -0.3 is 14.2 Å². The van der Waals surface area contributed by atoms with Crippen LogP contribution in [-0.2, 0) is 9.53 Å². The van der Waals surface area contributed by atoms with Crippen LogP contribution in [0, 0.1) is 0 Å². The van der Waals surface area contributed by atoms with E-state index in [9.17, 15) is 9.59 Å². The molecule has 1 aliphatic rings. The van der Waals surface area contributed by atoms with Gasteiger partial charge >= 0.3 is 5.97 Å². The highest BCUT2D eigenvalue weighted by molar-refractivity contribution is 7.07. The quantitative estimate of drug-likeness (QED) is 0.413. The van der Waals surface area contributed by atoms with Crippen LogP contribution in [0.1, 0.15) is 63.3 Å². The van der Waals surface area contributed by atoms with Crippen molar-refractivity contribution in [1.29, 1.82) is 0 Å². The highest BCUT2D eigenvalue weighted by Gasteiger charge is 2.33. The Morgan fingerprint density at radius 1 is 1.11 bits per heavy atom. The van der Waals surface area contributed by atoms with E-state index in [2.05, 4.69) is 18.8 Å². The van der Waals surface area contributed by atoms with E-state index < -0.39 is 12.0 Å². The Morgan fingerprint density at radius 2 is 1.84 bits per heavy atom. The number of carbonyl (C=O) groups excluding carboxylic acids is 1. The Bertz CT molecular complexity index is 1510. The molecule has 0 unspecified atom stereocenters. The van der Waals surface area contributed by atoms with Gasteiger partial charge in [-0.25, -0.2) is 9.79 Å². The van der Waals surface area contributed by atoms with E-state index in [4.69, 9.17) is 14.2 Å². The van der Waals surface area contributed by atoms with Gasteiger partial charge in [0.1, 0.15) is 0 Å². The van der Waals surface area contributed by atoms with E-state index in [-0.39, 0.29) is 12.2 Å². The van der Waals surface area contributed by atoms with E-state index >= 15 is 0 Å². The number of carbonyl (C=O) groups is 1. The second-order valence-electron chi connectivity index (χ2n) is 8.97. The maximum atomic E-state index is 13.8. The van der Waals surface area contributed by atoms with Crippen LogP contribution in [0.15, 0.2) is 63.5 Å². The molecule has 1 atom stereocenters. The van der Waals surface area contributed by atoms with Crippen LogP contribution in [-0.4, -0.2) is 30.9 Å². The Hall–Kier alpha value is -3.65. The molecule has 4 rings (SSSR count). The monoisotopic (exact) mass is 520 g/mol. The number of allylic oxidation sites excluding steroid dienone is 1. The first-order chi connectivity index (χ1) is 17.8. The van der Waals surface area contributed by atoms with Crippen molar-refractivity contribution in [1.82, 2.24) is 4.57 Å². The van der Waals surface area contributed by atoms with Crippen molar-refractivity contribution in [2.45, 2.75) is 46.6 Å². The number of methoxy groups -OCH3 is 1. The summed E-state index contributed by atoms with van der Waals surface area (Å²) in [4.78, 5) is 32.0. The lowest BCUT2D eigenvalue weighted by Crippen LogP contribution is -2.39. The molecule has 0 spiro atoms. The SMILES string of the molecule is CCOC(=O)C1=C(C)N=c2s/c(=C\c3ccc(OC)c(OCC)c3)c(=O)n2[C@@H]1c1ccc(C(C)C)cc1. The predicted octanol–water partition coefficient (Wildman–Crippen LogP) is 4.33. The molecule has 0 saturated carbocycles. The number of benzene rings is 2. The number of esters is 1. The molecular formula is C29H32N2O5S. The summed E-state index contributed by atoms with van der Waals surface area (Å²) in [6.07, 6.45) is 1.81. The topological polar surface area (TPSA) is 79.1 Å². The minimum atomic E-state index is -0.631. The molecule has 1 aliphatic heterocycles. The zero-order chi connectivity index (χ0) is 26.7. The van der Waals surface area contributed by atoms with Gasteiger partial charge in [-0.05, 0) is 61.6 Å². The van der Waals surface area contributed by atoms with Crippen molar-refractivity contribution >= 4 is 23.4 Å². The van der Waals surface area contributed by atoms with Gasteiger partial charge in [0.15, 0.2) is 16.3 Å². The van der Waals surface area contributed by atoms with Gasteiger partial charge in [-0.15, -0.1) is 0 Å². The largest absolute Gasteiger partial charge is 0.493 e. The first kappa shape index (κ1) is 26.4. The number of thiazole rings is 1. The van der Waals surface area contributed by atoms with Gasteiger partial charge in [0.25, 0.3) is 5.56 Å². The summed E-state index contributed by atoms with van der Waals surface area (Å²) in [5.41, 5.74) is 3.52. The lowest BCUT2D eigenvalue weighted by molar-refractivity contribution is -0.139. The van der Waals surface area contributed by atoms with Crippen molar-refractivity contribution in [2.24, 2.45) is 4.99 Å². The summed E-state index contributed by atoms with van der Waals surface area (Å²) in [7, 11) is 1.59. The van der Waals surface area contributed by atoms with Gasteiger partial charge in [-0.2, -0.15) is 0 Å². The molecule has 194 valence electrons. The second kappa shape index (κ2) is 11.2. The minimum absolute atomic E-state index is 0.218. The Balaban J connectivity index is 1.90. The number of hydrogen-bond donors (Lipinski definition) is 0. The highest BCUT2D eigenvalue weighted by atomic mass is 32.1. The molecular weight excluding hydrogens is 488 g/mol. The molecule has 0 N–H and O–H groups in total. The van der Waals surface area contributed by atoms with Crippen LogP contribution in [0.5, 0.6) is 11.5 Å². The van der Waals surface area contributed by atoms with Gasteiger partial charge in [-0.3, -0.25) is 9.36 Å². The number of fused-ring (bicyclic) bond motifs is 1. The Labute approximate surface area is 220 Å². The first-order valence-electron chi connectivity index (χ1n) is 12.4. The van der Waals surface area contributed by atoms with Crippen LogP contribution >= 0.6 is 11.3 Å². The summed E-state index contributed by atoms with van der Waals surface area (Å²) in [6, 6.07) is 12.9. The van der Waals surface area contributed by atoms with Crippen LogP contribution in [0.3, 0.4) is 0 Å². The van der Waals surface area contributed by atoms with E-state index in [1.54, 1.807) is 25.5 Å². The molecule has 0 fully saturated rings. The Morgan fingerprint density at radius 3 is 2.46 bits per heavy atom. The van der Waals surface area contributed by atoms with Gasteiger partial charge in [-0.1, -0.05) is 55.5 Å². The van der Waals surface area contributed by atoms with E-state index in [0.717, 1.165) is 11.1 Å². The standard InChI is InChI=1S/C29H32N2O5S/c1-7-35-23-15-19(9-14-22(23)34-6)16-24-27(32)31-26(21-12-10-20(11-13-21)17(3)4)25(28(33)36-8-2)18(5)30-29(31)37-24/h9-17,26H,7-8H2,1-6H3/b24-16-/t26-/m1/s1. The minimum Gasteiger partial charge on any atom is -0.493 e. The fourth-order valence-corrected chi connectivity index (χ4v) is 5.42. The van der Waals surface area contributed by atoms with Gasteiger partial charge in [0, 0.05) is 0 Å². The third kappa shape index (κ3) is 5.25. The lowest BCUT2D eigenvalue weighted by atomic mass is 9.93. The molecule has 2 aromatic carbocycles. The molecule has 3 aromatic rings. The third-order valence-corrected chi connectivity index (χ3v) is 7.20. The smallest absolute Gasteiger partial charge is 0.338 e. The second-order valence-corrected chi connectivity index (χ2v) is 9.98. The van der Waals surface area contributed by atoms with Crippen LogP contribution in [0.4, 0.5) is 0 Å². The fourth-order valence-electron chi connectivity index (χ4n) is 4.37. The molecule has 0 bridgehead atoms. The van der Waals surface area contributed by atoms with Crippen LogP contribution in [0.25, 0.3) is 6.08 Å². The summed E-state index contributed by atoms with van der Waals surface area (Å²) in [5, 5.41) is 0. The number of ether oxygens (including phenoxy) is 3. The zero-order valence-electron chi connectivity index (χ0n) is 22.0.